The van der Waals surface area contributed by atoms with Crippen molar-refractivity contribution in [3.8, 4) is 0 Å². The predicted molar refractivity (Wildman–Crippen MR) is 56.0 cm³/mol. The van der Waals surface area contributed by atoms with Gasteiger partial charge in [-0.15, -0.1) is 10.2 Å². The van der Waals surface area contributed by atoms with Gasteiger partial charge in [-0.1, -0.05) is 29.8 Å². The average molecular weight is 222 g/mol. The van der Waals surface area contributed by atoms with Gasteiger partial charge >= 0.3 is 0 Å². The summed E-state index contributed by atoms with van der Waals surface area (Å²) in [6.45, 7) is 0.501. The summed E-state index contributed by atoms with van der Waals surface area (Å²) in [5, 5.41) is 7.99. The van der Waals surface area contributed by atoms with Crippen molar-refractivity contribution in [3.05, 3.63) is 47.0 Å². The van der Waals surface area contributed by atoms with E-state index in [-0.39, 0.29) is 0 Å². The number of halogens is 1. The quantitative estimate of drug-likeness (QED) is 0.743. The zero-order valence-corrected chi connectivity index (χ0v) is 8.55. The summed E-state index contributed by atoms with van der Waals surface area (Å²) in [6, 6.07) is 7.46. The molecule has 1 aromatic heterocycles. The monoisotopic (exact) mass is 221 g/mol. The Balaban J connectivity index is 2.29. The molecule has 0 aliphatic heterocycles. The third-order valence-corrected chi connectivity index (χ3v) is 2.42. The summed E-state index contributed by atoms with van der Waals surface area (Å²) in [6.07, 6.45) is 2.18. The lowest BCUT2D eigenvalue weighted by atomic mass is 10.2. The van der Waals surface area contributed by atoms with Crippen molar-refractivity contribution in [3.63, 3.8) is 0 Å². The van der Waals surface area contributed by atoms with Crippen molar-refractivity contribution >= 4 is 17.9 Å². The lowest BCUT2D eigenvalue weighted by Gasteiger charge is -2.04. The third kappa shape index (κ3) is 2.05. The highest BCUT2D eigenvalue weighted by atomic mass is 35.5. The van der Waals surface area contributed by atoms with Crippen LogP contribution in [0.25, 0.3) is 0 Å². The predicted octanol–water partition coefficient (Wildman–Crippen LogP) is 1.79. The van der Waals surface area contributed by atoms with Crippen LogP contribution in [0.3, 0.4) is 0 Å². The van der Waals surface area contributed by atoms with E-state index in [4.69, 9.17) is 11.6 Å². The molecule has 0 atom stereocenters. The Morgan fingerprint density at radius 1 is 1.40 bits per heavy atom. The van der Waals surface area contributed by atoms with Crippen LogP contribution in [0.1, 0.15) is 16.2 Å². The molecule has 0 fully saturated rings. The molecular weight excluding hydrogens is 214 g/mol. The van der Waals surface area contributed by atoms with Gasteiger partial charge in [-0.25, -0.2) is 0 Å². The van der Waals surface area contributed by atoms with E-state index in [0.29, 0.717) is 23.7 Å². The second-order valence-electron chi connectivity index (χ2n) is 3.03. The number of hydrogen-bond acceptors (Lipinski definition) is 3. The molecule has 0 amide bonds. The minimum atomic E-state index is 0.301. The Kier molecular flexibility index (Phi) is 2.78. The van der Waals surface area contributed by atoms with Crippen molar-refractivity contribution in [2.75, 3.05) is 0 Å². The van der Waals surface area contributed by atoms with Crippen LogP contribution in [0.2, 0.25) is 5.02 Å². The summed E-state index contributed by atoms with van der Waals surface area (Å²) in [4.78, 5) is 10.6. The van der Waals surface area contributed by atoms with E-state index in [1.54, 1.807) is 4.57 Å². The molecule has 0 N–H and O–H groups in total. The van der Waals surface area contributed by atoms with E-state index in [1.165, 1.54) is 6.33 Å². The average Bonchev–Trinajstić information content (AvgIpc) is 2.69. The number of nitrogens with zero attached hydrogens (tertiary/aromatic N) is 3. The fraction of sp³-hybridized carbons (Fsp3) is 0.100. The van der Waals surface area contributed by atoms with Crippen LogP contribution in [-0.4, -0.2) is 21.1 Å². The molecule has 76 valence electrons. The topological polar surface area (TPSA) is 47.8 Å². The van der Waals surface area contributed by atoms with Crippen LogP contribution >= 0.6 is 11.6 Å². The SMILES string of the molecule is O=Cc1nncn1Cc1ccccc1Cl. The minimum absolute atomic E-state index is 0.301. The fourth-order valence-electron chi connectivity index (χ4n) is 1.29. The molecular formula is C10H8ClN3O. The number of aldehydes is 1. The Morgan fingerprint density at radius 3 is 2.93 bits per heavy atom. The van der Waals surface area contributed by atoms with Gasteiger partial charge in [0.15, 0.2) is 12.1 Å². The molecule has 0 aliphatic carbocycles. The first-order valence-electron chi connectivity index (χ1n) is 4.37. The largest absolute Gasteiger partial charge is 0.307 e. The minimum Gasteiger partial charge on any atom is -0.307 e. The molecule has 15 heavy (non-hydrogen) atoms. The number of benzene rings is 1. The second kappa shape index (κ2) is 4.23. The summed E-state index contributed by atoms with van der Waals surface area (Å²) in [5.74, 6) is 0.301. The van der Waals surface area contributed by atoms with Gasteiger partial charge in [0.25, 0.3) is 0 Å². The van der Waals surface area contributed by atoms with Crippen LogP contribution < -0.4 is 0 Å². The smallest absolute Gasteiger partial charge is 0.196 e. The van der Waals surface area contributed by atoms with Gasteiger partial charge in [0.1, 0.15) is 6.33 Å². The summed E-state index contributed by atoms with van der Waals surface area (Å²) >= 11 is 5.99. The lowest BCUT2D eigenvalue weighted by molar-refractivity contribution is 0.111. The van der Waals surface area contributed by atoms with Gasteiger partial charge in [-0.05, 0) is 11.6 Å². The Labute approximate surface area is 91.5 Å². The molecule has 0 bridgehead atoms. The molecule has 5 heteroatoms. The maximum Gasteiger partial charge on any atom is 0.196 e. The molecule has 0 saturated carbocycles. The van der Waals surface area contributed by atoms with Crippen LogP contribution in [0.15, 0.2) is 30.6 Å². The van der Waals surface area contributed by atoms with Gasteiger partial charge in [-0.2, -0.15) is 0 Å². The van der Waals surface area contributed by atoms with E-state index >= 15 is 0 Å². The standard InChI is InChI=1S/C10H8ClN3O/c11-9-4-2-1-3-8(9)5-14-7-12-13-10(14)6-15/h1-4,6-7H,5H2. The molecule has 0 spiro atoms. The fourth-order valence-corrected chi connectivity index (χ4v) is 1.48. The molecule has 1 heterocycles. The van der Waals surface area contributed by atoms with Crippen molar-refractivity contribution in [1.82, 2.24) is 14.8 Å². The highest BCUT2D eigenvalue weighted by Gasteiger charge is 2.05. The van der Waals surface area contributed by atoms with Gasteiger partial charge in [-0.3, -0.25) is 4.79 Å². The maximum atomic E-state index is 10.6. The van der Waals surface area contributed by atoms with E-state index in [9.17, 15) is 4.79 Å². The zero-order valence-electron chi connectivity index (χ0n) is 7.80. The maximum absolute atomic E-state index is 10.6. The Hall–Kier alpha value is -1.68. The van der Waals surface area contributed by atoms with Gasteiger partial charge in [0, 0.05) is 5.02 Å². The molecule has 0 saturated heterocycles. The van der Waals surface area contributed by atoms with Gasteiger partial charge in [0.05, 0.1) is 6.54 Å². The number of rotatable bonds is 3. The van der Waals surface area contributed by atoms with E-state index < -0.39 is 0 Å². The van der Waals surface area contributed by atoms with Crippen LogP contribution in [0, 0.1) is 0 Å². The Bertz CT molecular complexity index is 481. The molecule has 2 aromatic rings. The zero-order chi connectivity index (χ0) is 10.7. The first-order chi connectivity index (χ1) is 7.31. The van der Waals surface area contributed by atoms with Crippen LogP contribution in [-0.2, 0) is 6.54 Å². The molecule has 0 aliphatic rings. The molecule has 0 radical (unpaired) electrons. The number of hydrogen-bond donors (Lipinski definition) is 0. The first kappa shape index (κ1) is 9.86. The van der Waals surface area contributed by atoms with Crippen LogP contribution in [0.5, 0.6) is 0 Å². The summed E-state index contributed by atoms with van der Waals surface area (Å²) < 4.78 is 1.65. The number of carbonyl (C=O) groups is 1. The van der Waals surface area contributed by atoms with Crippen molar-refractivity contribution in [1.29, 1.82) is 0 Å². The number of aromatic nitrogens is 3. The number of carbonyl (C=O) groups excluding carboxylic acids is 1. The molecule has 2 rings (SSSR count). The van der Waals surface area contributed by atoms with E-state index in [2.05, 4.69) is 10.2 Å². The van der Waals surface area contributed by atoms with Crippen molar-refractivity contribution in [2.24, 2.45) is 0 Å². The van der Waals surface area contributed by atoms with Crippen LogP contribution in [0.4, 0.5) is 0 Å². The van der Waals surface area contributed by atoms with Gasteiger partial charge < -0.3 is 4.57 Å². The third-order valence-electron chi connectivity index (χ3n) is 2.05. The normalized spacial score (nSPS) is 10.2. The second-order valence-corrected chi connectivity index (χ2v) is 3.43. The van der Waals surface area contributed by atoms with E-state index in [0.717, 1.165) is 5.56 Å². The van der Waals surface area contributed by atoms with Crippen molar-refractivity contribution < 1.29 is 4.79 Å². The summed E-state index contributed by atoms with van der Waals surface area (Å²) in [7, 11) is 0. The molecule has 0 unspecified atom stereocenters. The van der Waals surface area contributed by atoms with E-state index in [1.807, 2.05) is 24.3 Å². The Morgan fingerprint density at radius 2 is 2.20 bits per heavy atom. The van der Waals surface area contributed by atoms with Gasteiger partial charge in [0.2, 0.25) is 0 Å². The molecule has 4 nitrogen and oxygen atoms in total. The first-order valence-corrected chi connectivity index (χ1v) is 4.75. The highest BCUT2D eigenvalue weighted by molar-refractivity contribution is 6.31. The summed E-state index contributed by atoms with van der Waals surface area (Å²) in [5.41, 5.74) is 0.932. The molecule has 1 aromatic carbocycles. The van der Waals surface area contributed by atoms with Crippen molar-refractivity contribution in [2.45, 2.75) is 6.54 Å². The highest BCUT2D eigenvalue weighted by Crippen LogP contribution is 2.16. The lowest BCUT2D eigenvalue weighted by Crippen LogP contribution is -2.03.